The van der Waals surface area contributed by atoms with Crippen molar-refractivity contribution >= 4 is 27.9 Å². The highest BCUT2D eigenvalue weighted by atomic mass is 16.6. The third-order valence-corrected chi connectivity index (χ3v) is 6.50. The molecule has 5 rings (SSSR count). The first-order valence-electron chi connectivity index (χ1n) is 11.7. The number of aromatic nitrogens is 4. The molecule has 0 bridgehead atoms. The molecule has 1 fully saturated rings. The fraction of sp³-hybridized carbons (Fsp3) is 0.423. The normalized spacial score (nSPS) is 15.5. The number of fused-ring (bicyclic) bond motifs is 2. The van der Waals surface area contributed by atoms with Crippen molar-refractivity contribution in [3.05, 3.63) is 59.9 Å². The Morgan fingerprint density at radius 1 is 0.853 bits per heavy atom. The zero-order valence-electron chi connectivity index (χ0n) is 20.5. The number of amides is 1. The summed E-state index contributed by atoms with van der Waals surface area (Å²) in [5.41, 5.74) is 4.17. The van der Waals surface area contributed by atoms with Crippen LogP contribution in [0, 0.1) is 0 Å². The lowest BCUT2D eigenvalue weighted by atomic mass is 9.94. The second-order valence-electron chi connectivity index (χ2n) is 10.1. The molecular formula is C26H32N6O2. The summed E-state index contributed by atoms with van der Waals surface area (Å²) in [6, 6.07) is 13.2. The van der Waals surface area contributed by atoms with E-state index in [9.17, 15) is 4.79 Å². The van der Waals surface area contributed by atoms with Gasteiger partial charge in [-0.1, -0.05) is 12.1 Å². The number of aryl methyl sites for hydroxylation is 2. The summed E-state index contributed by atoms with van der Waals surface area (Å²) in [6.07, 6.45) is 3.60. The minimum atomic E-state index is -0.491. The molecule has 1 aliphatic rings. The van der Waals surface area contributed by atoms with Crippen LogP contribution in [0.5, 0.6) is 0 Å². The van der Waals surface area contributed by atoms with E-state index in [0.29, 0.717) is 13.1 Å². The van der Waals surface area contributed by atoms with Gasteiger partial charge in [0, 0.05) is 51.0 Å². The SMILES string of the molecule is Cn1ncc2cc(C(c3ccc4c(cnn4C)c3)N3CCN(C(=O)OC(C)(C)C)CC3)ccc21. The van der Waals surface area contributed by atoms with Crippen LogP contribution in [-0.2, 0) is 18.8 Å². The van der Waals surface area contributed by atoms with E-state index in [-0.39, 0.29) is 12.1 Å². The Balaban J connectivity index is 1.47. The van der Waals surface area contributed by atoms with Crippen molar-refractivity contribution in [3.63, 3.8) is 0 Å². The van der Waals surface area contributed by atoms with E-state index in [4.69, 9.17) is 4.74 Å². The molecule has 2 aromatic heterocycles. The van der Waals surface area contributed by atoms with Gasteiger partial charge < -0.3 is 9.64 Å². The summed E-state index contributed by atoms with van der Waals surface area (Å²) in [7, 11) is 3.93. The number of nitrogens with zero attached hydrogens (tertiary/aromatic N) is 6. The molecule has 0 saturated carbocycles. The van der Waals surface area contributed by atoms with Gasteiger partial charge in [-0.15, -0.1) is 0 Å². The Morgan fingerprint density at radius 2 is 1.35 bits per heavy atom. The van der Waals surface area contributed by atoms with Crippen LogP contribution in [0.2, 0.25) is 0 Å². The zero-order chi connectivity index (χ0) is 24.0. The smallest absolute Gasteiger partial charge is 0.410 e. The second kappa shape index (κ2) is 8.43. The molecule has 1 saturated heterocycles. The third-order valence-electron chi connectivity index (χ3n) is 6.50. The van der Waals surface area contributed by atoms with E-state index in [1.807, 2.05) is 61.5 Å². The van der Waals surface area contributed by atoms with Crippen molar-refractivity contribution in [3.8, 4) is 0 Å². The van der Waals surface area contributed by atoms with Crippen molar-refractivity contribution in [1.29, 1.82) is 0 Å². The molecule has 0 spiro atoms. The van der Waals surface area contributed by atoms with Gasteiger partial charge in [-0.05, 0) is 56.2 Å². The lowest BCUT2D eigenvalue weighted by Crippen LogP contribution is -2.51. The van der Waals surface area contributed by atoms with E-state index in [2.05, 4.69) is 51.5 Å². The molecule has 0 aliphatic carbocycles. The molecular weight excluding hydrogens is 428 g/mol. The molecule has 2 aromatic carbocycles. The number of hydrogen-bond donors (Lipinski definition) is 0. The van der Waals surface area contributed by atoms with Crippen LogP contribution in [0.25, 0.3) is 21.8 Å². The highest BCUT2D eigenvalue weighted by Gasteiger charge is 2.30. The van der Waals surface area contributed by atoms with E-state index in [1.165, 1.54) is 11.1 Å². The van der Waals surface area contributed by atoms with Crippen molar-refractivity contribution in [1.82, 2.24) is 29.4 Å². The number of benzene rings is 2. The van der Waals surface area contributed by atoms with Gasteiger partial charge in [-0.25, -0.2) is 4.79 Å². The standard InChI is InChI=1S/C26H32N6O2/c1-26(2,3)34-25(33)32-12-10-31(11-13-32)24(18-6-8-22-20(14-18)16-27-29(22)4)19-7-9-23-21(15-19)17-28-30(23)5/h6-9,14-17,24H,10-13H2,1-5H3. The maximum absolute atomic E-state index is 12.6. The van der Waals surface area contributed by atoms with Gasteiger partial charge >= 0.3 is 6.09 Å². The van der Waals surface area contributed by atoms with Gasteiger partial charge in [-0.3, -0.25) is 14.3 Å². The molecule has 8 heteroatoms. The minimum absolute atomic E-state index is 0.0648. The number of ether oxygens (including phenoxy) is 1. The molecule has 34 heavy (non-hydrogen) atoms. The first-order chi connectivity index (χ1) is 16.2. The highest BCUT2D eigenvalue weighted by molar-refractivity contribution is 5.81. The topological polar surface area (TPSA) is 68.4 Å². The van der Waals surface area contributed by atoms with Crippen LogP contribution in [0.1, 0.15) is 37.9 Å². The Kier molecular flexibility index (Phi) is 5.56. The fourth-order valence-electron chi connectivity index (χ4n) is 4.81. The molecule has 1 aliphatic heterocycles. The molecule has 3 heterocycles. The van der Waals surface area contributed by atoms with Crippen molar-refractivity contribution < 1.29 is 9.53 Å². The summed E-state index contributed by atoms with van der Waals surface area (Å²) >= 11 is 0. The van der Waals surface area contributed by atoms with Crippen LogP contribution in [-0.4, -0.2) is 67.2 Å². The van der Waals surface area contributed by atoms with Crippen LogP contribution in [0.3, 0.4) is 0 Å². The Hall–Kier alpha value is -3.39. The summed E-state index contributed by atoms with van der Waals surface area (Å²) in [5, 5.41) is 11.1. The number of piperazine rings is 1. The van der Waals surface area contributed by atoms with Crippen LogP contribution < -0.4 is 0 Å². The Labute approximate surface area is 199 Å². The number of carbonyl (C=O) groups excluding carboxylic acids is 1. The predicted octanol–water partition coefficient (Wildman–Crippen LogP) is 4.10. The minimum Gasteiger partial charge on any atom is -0.444 e. The van der Waals surface area contributed by atoms with Crippen LogP contribution in [0.15, 0.2) is 48.8 Å². The quantitative estimate of drug-likeness (QED) is 0.460. The maximum atomic E-state index is 12.6. The van der Waals surface area contributed by atoms with Gasteiger partial charge in [0.25, 0.3) is 0 Å². The van der Waals surface area contributed by atoms with E-state index >= 15 is 0 Å². The van der Waals surface area contributed by atoms with Gasteiger partial charge in [0.05, 0.1) is 29.5 Å². The second-order valence-corrected chi connectivity index (χ2v) is 10.1. The van der Waals surface area contributed by atoms with Gasteiger partial charge in [0.2, 0.25) is 0 Å². The Morgan fingerprint density at radius 3 is 1.82 bits per heavy atom. The Bertz CT molecular complexity index is 1260. The summed E-state index contributed by atoms with van der Waals surface area (Å²) in [5.74, 6) is 0. The summed E-state index contributed by atoms with van der Waals surface area (Å²) in [4.78, 5) is 16.9. The van der Waals surface area contributed by atoms with Gasteiger partial charge in [0.1, 0.15) is 5.60 Å². The van der Waals surface area contributed by atoms with Gasteiger partial charge in [0.15, 0.2) is 0 Å². The van der Waals surface area contributed by atoms with E-state index in [0.717, 1.165) is 34.9 Å². The fourth-order valence-corrected chi connectivity index (χ4v) is 4.81. The van der Waals surface area contributed by atoms with E-state index < -0.39 is 5.60 Å². The molecule has 0 atom stereocenters. The largest absolute Gasteiger partial charge is 0.444 e. The molecule has 178 valence electrons. The van der Waals surface area contributed by atoms with Crippen molar-refractivity contribution in [2.45, 2.75) is 32.4 Å². The maximum Gasteiger partial charge on any atom is 0.410 e. The average Bonchev–Trinajstić information content (AvgIpc) is 3.35. The monoisotopic (exact) mass is 460 g/mol. The molecule has 0 radical (unpaired) electrons. The number of rotatable bonds is 3. The van der Waals surface area contributed by atoms with Crippen molar-refractivity contribution in [2.75, 3.05) is 26.2 Å². The number of carbonyl (C=O) groups is 1. The first-order valence-corrected chi connectivity index (χ1v) is 11.7. The van der Waals surface area contributed by atoms with Crippen LogP contribution in [0.4, 0.5) is 4.79 Å². The third kappa shape index (κ3) is 4.25. The number of hydrogen-bond acceptors (Lipinski definition) is 5. The van der Waals surface area contributed by atoms with Crippen LogP contribution >= 0.6 is 0 Å². The van der Waals surface area contributed by atoms with Gasteiger partial charge in [-0.2, -0.15) is 10.2 Å². The lowest BCUT2D eigenvalue weighted by molar-refractivity contribution is 0.0119. The summed E-state index contributed by atoms with van der Waals surface area (Å²) in [6.45, 7) is 8.51. The average molecular weight is 461 g/mol. The highest BCUT2D eigenvalue weighted by Crippen LogP contribution is 2.33. The zero-order valence-corrected chi connectivity index (χ0v) is 20.5. The predicted molar refractivity (Wildman–Crippen MR) is 133 cm³/mol. The van der Waals surface area contributed by atoms with Crippen molar-refractivity contribution in [2.24, 2.45) is 14.1 Å². The summed E-state index contributed by atoms with van der Waals surface area (Å²) < 4.78 is 9.39. The molecule has 4 aromatic rings. The molecule has 0 N–H and O–H groups in total. The molecule has 0 unspecified atom stereocenters. The first kappa shape index (κ1) is 22.4. The lowest BCUT2D eigenvalue weighted by Gasteiger charge is -2.40. The molecule has 1 amide bonds. The van der Waals surface area contributed by atoms with E-state index in [1.54, 1.807) is 0 Å². The molecule has 8 nitrogen and oxygen atoms in total.